The molecule has 0 bridgehead atoms. The normalized spacial score (nSPS) is 21.3. The number of nitrogens with zero attached hydrogens (tertiary/aromatic N) is 1. The standard InChI is InChI=1S/C13H24N2O4/c1-4-10-8-19-6-5-15(10)13(18)14-11(12(16)17)7-9(2)3/h9-11H,4-8H2,1-3H3,(H,14,18)(H,16,17). The van der Waals surface area contributed by atoms with Gasteiger partial charge in [-0.25, -0.2) is 9.59 Å². The Kier molecular flexibility index (Phi) is 6.08. The van der Waals surface area contributed by atoms with Gasteiger partial charge < -0.3 is 20.1 Å². The first-order valence-electron chi connectivity index (χ1n) is 6.83. The molecule has 110 valence electrons. The number of hydrogen-bond donors (Lipinski definition) is 2. The molecular weight excluding hydrogens is 248 g/mol. The lowest BCUT2D eigenvalue weighted by Crippen LogP contribution is -2.55. The van der Waals surface area contributed by atoms with E-state index in [0.717, 1.165) is 6.42 Å². The Morgan fingerprint density at radius 3 is 2.68 bits per heavy atom. The van der Waals surface area contributed by atoms with Crippen molar-refractivity contribution in [1.82, 2.24) is 10.2 Å². The number of ether oxygens (including phenoxy) is 1. The number of aliphatic carboxylic acids is 1. The highest BCUT2D eigenvalue weighted by Gasteiger charge is 2.29. The number of rotatable bonds is 5. The lowest BCUT2D eigenvalue weighted by molar-refractivity contribution is -0.139. The zero-order chi connectivity index (χ0) is 14.4. The molecule has 0 saturated carbocycles. The average molecular weight is 272 g/mol. The van der Waals surface area contributed by atoms with Crippen LogP contribution in [0.3, 0.4) is 0 Å². The van der Waals surface area contributed by atoms with Crippen LogP contribution in [0.1, 0.15) is 33.6 Å². The van der Waals surface area contributed by atoms with Crippen molar-refractivity contribution in [3.05, 3.63) is 0 Å². The minimum absolute atomic E-state index is 0.0299. The highest BCUT2D eigenvalue weighted by Crippen LogP contribution is 2.12. The van der Waals surface area contributed by atoms with Crippen LogP contribution in [-0.2, 0) is 9.53 Å². The number of amides is 2. The van der Waals surface area contributed by atoms with Crippen molar-refractivity contribution in [2.45, 2.75) is 45.7 Å². The summed E-state index contributed by atoms with van der Waals surface area (Å²) < 4.78 is 5.33. The maximum Gasteiger partial charge on any atom is 0.326 e. The molecule has 6 heteroatoms. The minimum Gasteiger partial charge on any atom is -0.480 e. The molecular formula is C13H24N2O4. The lowest BCUT2D eigenvalue weighted by Gasteiger charge is -2.35. The monoisotopic (exact) mass is 272 g/mol. The van der Waals surface area contributed by atoms with Gasteiger partial charge in [-0.05, 0) is 18.8 Å². The molecule has 0 aromatic carbocycles. The number of carboxylic acid groups (broad SMARTS) is 1. The second-order valence-electron chi connectivity index (χ2n) is 5.30. The topological polar surface area (TPSA) is 78.9 Å². The van der Waals surface area contributed by atoms with Crippen molar-refractivity contribution in [2.24, 2.45) is 5.92 Å². The van der Waals surface area contributed by atoms with Gasteiger partial charge in [0.2, 0.25) is 0 Å². The Morgan fingerprint density at radius 1 is 1.47 bits per heavy atom. The van der Waals surface area contributed by atoms with Crippen molar-refractivity contribution in [3.63, 3.8) is 0 Å². The van der Waals surface area contributed by atoms with E-state index in [-0.39, 0.29) is 18.0 Å². The Balaban J connectivity index is 2.62. The molecule has 2 amide bonds. The van der Waals surface area contributed by atoms with E-state index in [1.54, 1.807) is 4.90 Å². The third kappa shape index (κ3) is 4.70. The van der Waals surface area contributed by atoms with Crippen molar-refractivity contribution in [1.29, 1.82) is 0 Å². The van der Waals surface area contributed by atoms with Gasteiger partial charge in [0.1, 0.15) is 6.04 Å². The van der Waals surface area contributed by atoms with E-state index in [9.17, 15) is 9.59 Å². The third-order valence-corrected chi connectivity index (χ3v) is 3.26. The molecule has 1 heterocycles. The molecule has 0 aromatic rings. The third-order valence-electron chi connectivity index (χ3n) is 3.26. The van der Waals surface area contributed by atoms with Crippen molar-refractivity contribution in [3.8, 4) is 0 Å². The Labute approximate surface area is 114 Å². The van der Waals surface area contributed by atoms with E-state index in [4.69, 9.17) is 9.84 Å². The summed E-state index contributed by atoms with van der Waals surface area (Å²) in [5, 5.41) is 11.7. The largest absolute Gasteiger partial charge is 0.480 e. The highest BCUT2D eigenvalue weighted by atomic mass is 16.5. The van der Waals surface area contributed by atoms with Crippen LogP contribution in [0.15, 0.2) is 0 Å². The zero-order valence-electron chi connectivity index (χ0n) is 11.9. The smallest absolute Gasteiger partial charge is 0.326 e. The maximum absolute atomic E-state index is 12.2. The molecule has 2 N–H and O–H groups in total. The predicted molar refractivity (Wildman–Crippen MR) is 71.0 cm³/mol. The summed E-state index contributed by atoms with van der Waals surface area (Å²) in [6.07, 6.45) is 1.23. The van der Waals surface area contributed by atoms with Crippen LogP contribution in [0.2, 0.25) is 0 Å². The van der Waals surface area contributed by atoms with E-state index in [0.29, 0.717) is 26.2 Å². The molecule has 1 rings (SSSR count). The molecule has 0 aromatic heterocycles. The summed E-state index contributed by atoms with van der Waals surface area (Å²) in [6.45, 7) is 7.40. The first-order valence-corrected chi connectivity index (χ1v) is 6.83. The average Bonchev–Trinajstić information content (AvgIpc) is 2.37. The quantitative estimate of drug-likeness (QED) is 0.791. The Morgan fingerprint density at radius 2 is 2.16 bits per heavy atom. The van der Waals surface area contributed by atoms with Crippen LogP contribution in [0.25, 0.3) is 0 Å². The van der Waals surface area contributed by atoms with Gasteiger partial charge in [-0.3, -0.25) is 0 Å². The van der Waals surface area contributed by atoms with Crippen molar-refractivity contribution >= 4 is 12.0 Å². The van der Waals surface area contributed by atoms with Crippen molar-refractivity contribution < 1.29 is 19.4 Å². The van der Waals surface area contributed by atoms with Gasteiger partial charge in [-0.2, -0.15) is 0 Å². The second-order valence-corrected chi connectivity index (χ2v) is 5.30. The summed E-state index contributed by atoms with van der Waals surface area (Å²) in [6, 6.07) is -1.10. The van der Waals surface area contributed by atoms with Crippen LogP contribution >= 0.6 is 0 Å². The van der Waals surface area contributed by atoms with Crippen molar-refractivity contribution in [2.75, 3.05) is 19.8 Å². The molecule has 19 heavy (non-hydrogen) atoms. The first-order chi connectivity index (χ1) is 8.95. The number of morpholine rings is 1. The predicted octanol–water partition coefficient (Wildman–Crippen LogP) is 1.31. The minimum atomic E-state index is -0.983. The molecule has 1 aliphatic heterocycles. The molecule has 6 nitrogen and oxygen atoms in total. The summed E-state index contributed by atoms with van der Waals surface area (Å²) >= 11 is 0. The number of carboxylic acids is 1. The summed E-state index contributed by atoms with van der Waals surface area (Å²) in [5.41, 5.74) is 0. The Bertz CT molecular complexity index is 320. The van der Waals surface area contributed by atoms with Gasteiger partial charge in [0.05, 0.1) is 19.3 Å². The lowest BCUT2D eigenvalue weighted by atomic mass is 10.0. The fraction of sp³-hybridized carbons (Fsp3) is 0.846. The molecule has 0 spiro atoms. The summed E-state index contributed by atoms with van der Waals surface area (Å²) in [5.74, 6) is -0.767. The van der Waals surface area contributed by atoms with Crippen LogP contribution in [0, 0.1) is 5.92 Å². The van der Waals surface area contributed by atoms with E-state index in [1.807, 2.05) is 20.8 Å². The van der Waals surface area contributed by atoms with E-state index >= 15 is 0 Å². The van der Waals surface area contributed by atoms with Gasteiger partial charge in [-0.15, -0.1) is 0 Å². The van der Waals surface area contributed by atoms with Crippen LogP contribution in [0.5, 0.6) is 0 Å². The first kappa shape index (κ1) is 15.8. The number of nitrogens with one attached hydrogen (secondary N) is 1. The fourth-order valence-corrected chi connectivity index (χ4v) is 2.19. The molecule has 0 aliphatic carbocycles. The maximum atomic E-state index is 12.2. The van der Waals surface area contributed by atoms with E-state index < -0.39 is 12.0 Å². The van der Waals surface area contributed by atoms with Gasteiger partial charge in [0.15, 0.2) is 0 Å². The molecule has 2 unspecified atom stereocenters. The van der Waals surface area contributed by atoms with Gasteiger partial charge in [0, 0.05) is 6.54 Å². The molecule has 1 aliphatic rings. The summed E-state index contributed by atoms with van der Waals surface area (Å²) in [4.78, 5) is 25.0. The summed E-state index contributed by atoms with van der Waals surface area (Å²) in [7, 11) is 0. The number of carbonyl (C=O) groups excluding carboxylic acids is 1. The van der Waals surface area contributed by atoms with E-state index in [1.165, 1.54) is 0 Å². The molecule has 0 radical (unpaired) electrons. The Hall–Kier alpha value is -1.30. The van der Waals surface area contributed by atoms with Crippen LogP contribution in [0.4, 0.5) is 4.79 Å². The van der Waals surface area contributed by atoms with Gasteiger partial charge >= 0.3 is 12.0 Å². The van der Waals surface area contributed by atoms with Gasteiger partial charge in [-0.1, -0.05) is 20.8 Å². The zero-order valence-corrected chi connectivity index (χ0v) is 11.9. The number of hydrogen-bond acceptors (Lipinski definition) is 3. The van der Waals surface area contributed by atoms with E-state index in [2.05, 4.69) is 5.32 Å². The second kappa shape index (κ2) is 7.33. The highest BCUT2D eigenvalue weighted by molar-refractivity contribution is 5.82. The van der Waals surface area contributed by atoms with Gasteiger partial charge in [0.25, 0.3) is 0 Å². The number of urea groups is 1. The van der Waals surface area contributed by atoms with Crippen LogP contribution < -0.4 is 5.32 Å². The SMILES string of the molecule is CCC1COCCN1C(=O)NC(CC(C)C)C(=O)O. The van der Waals surface area contributed by atoms with Crippen LogP contribution in [-0.4, -0.2) is 53.8 Å². The molecule has 2 atom stereocenters. The molecule has 1 fully saturated rings. The molecule has 1 saturated heterocycles. The fourth-order valence-electron chi connectivity index (χ4n) is 2.19. The number of carbonyl (C=O) groups is 2.